The Balaban J connectivity index is 1.47. The number of para-hydroxylation sites is 1. The van der Waals surface area contributed by atoms with Crippen molar-refractivity contribution in [3.05, 3.63) is 69.8 Å². The Bertz CT molecular complexity index is 1310. The number of amides is 2. The van der Waals surface area contributed by atoms with Gasteiger partial charge in [0.2, 0.25) is 5.91 Å². The smallest absolute Gasteiger partial charge is 0.343 e. The second-order valence-corrected chi connectivity index (χ2v) is 8.33. The SMILES string of the molecule is Cc1ccc(C(=O)NCC(F)(F)F)cc1NC(=O)CCc1nc2ccccc2c(=O)n1C1CC1. The highest BCUT2D eigenvalue weighted by Crippen LogP contribution is 2.35. The van der Waals surface area contributed by atoms with E-state index in [9.17, 15) is 27.6 Å². The fourth-order valence-corrected chi connectivity index (χ4v) is 3.70. The topological polar surface area (TPSA) is 93.1 Å². The molecule has 0 bridgehead atoms. The summed E-state index contributed by atoms with van der Waals surface area (Å²) in [7, 11) is 0. The van der Waals surface area contributed by atoms with Crippen LogP contribution in [-0.2, 0) is 11.2 Å². The van der Waals surface area contributed by atoms with Crippen molar-refractivity contribution in [2.75, 3.05) is 11.9 Å². The van der Waals surface area contributed by atoms with Crippen LogP contribution in [0.25, 0.3) is 10.9 Å². The molecule has 1 aliphatic rings. The fourth-order valence-electron chi connectivity index (χ4n) is 3.70. The first kappa shape index (κ1) is 23.5. The summed E-state index contributed by atoms with van der Waals surface area (Å²) < 4.78 is 38.8. The van der Waals surface area contributed by atoms with E-state index in [1.807, 2.05) is 5.32 Å². The van der Waals surface area contributed by atoms with Gasteiger partial charge in [0, 0.05) is 30.1 Å². The van der Waals surface area contributed by atoms with Crippen LogP contribution >= 0.6 is 0 Å². The largest absolute Gasteiger partial charge is 0.405 e. The van der Waals surface area contributed by atoms with Gasteiger partial charge < -0.3 is 10.6 Å². The summed E-state index contributed by atoms with van der Waals surface area (Å²) in [6, 6.07) is 11.5. The minimum absolute atomic E-state index is 0.00363. The molecule has 3 aromatic rings. The Morgan fingerprint density at radius 2 is 1.88 bits per heavy atom. The molecule has 1 heterocycles. The average molecular weight is 472 g/mol. The number of hydrogen-bond acceptors (Lipinski definition) is 4. The van der Waals surface area contributed by atoms with E-state index < -0.39 is 18.6 Å². The van der Waals surface area contributed by atoms with E-state index >= 15 is 0 Å². The van der Waals surface area contributed by atoms with Gasteiger partial charge in [-0.25, -0.2) is 4.98 Å². The molecule has 1 aliphatic carbocycles. The zero-order valence-electron chi connectivity index (χ0n) is 18.4. The average Bonchev–Trinajstić information content (AvgIpc) is 3.62. The molecule has 0 aliphatic heterocycles. The van der Waals surface area contributed by atoms with Crippen LogP contribution < -0.4 is 16.2 Å². The number of nitrogens with one attached hydrogen (secondary N) is 2. The molecule has 0 saturated heterocycles. The van der Waals surface area contributed by atoms with Crippen LogP contribution in [0.5, 0.6) is 0 Å². The molecule has 1 fully saturated rings. The predicted octanol–water partition coefficient (Wildman–Crippen LogP) is 3.90. The van der Waals surface area contributed by atoms with Crippen molar-refractivity contribution < 1.29 is 22.8 Å². The summed E-state index contributed by atoms with van der Waals surface area (Å²) in [5, 5.41) is 5.06. The molecule has 2 amide bonds. The molecule has 2 aromatic carbocycles. The molecule has 4 rings (SSSR count). The highest BCUT2D eigenvalue weighted by Gasteiger charge is 2.29. The summed E-state index contributed by atoms with van der Waals surface area (Å²) in [5.74, 6) is -0.708. The van der Waals surface area contributed by atoms with Gasteiger partial charge in [-0.2, -0.15) is 13.2 Å². The third kappa shape index (κ3) is 5.44. The van der Waals surface area contributed by atoms with E-state index in [1.165, 1.54) is 12.1 Å². The fraction of sp³-hybridized carbons (Fsp3) is 0.333. The lowest BCUT2D eigenvalue weighted by Gasteiger charge is -2.14. The van der Waals surface area contributed by atoms with Gasteiger partial charge in [-0.1, -0.05) is 18.2 Å². The lowest BCUT2D eigenvalue weighted by Crippen LogP contribution is -2.33. The van der Waals surface area contributed by atoms with E-state index in [2.05, 4.69) is 10.3 Å². The van der Waals surface area contributed by atoms with Gasteiger partial charge in [0.15, 0.2) is 0 Å². The number of halogens is 3. The summed E-state index contributed by atoms with van der Waals surface area (Å²) >= 11 is 0. The number of carbonyl (C=O) groups excluding carboxylic acids is 2. The summed E-state index contributed by atoms with van der Waals surface area (Å²) in [5.41, 5.74) is 1.45. The maximum atomic E-state index is 12.9. The van der Waals surface area contributed by atoms with Crippen molar-refractivity contribution >= 4 is 28.4 Å². The van der Waals surface area contributed by atoms with Gasteiger partial charge in [0.25, 0.3) is 11.5 Å². The molecule has 0 spiro atoms. The highest BCUT2D eigenvalue weighted by atomic mass is 19.4. The zero-order valence-corrected chi connectivity index (χ0v) is 18.4. The van der Waals surface area contributed by atoms with E-state index in [0.717, 1.165) is 12.8 Å². The van der Waals surface area contributed by atoms with E-state index in [4.69, 9.17) is 0 Å². The Hall–Kier alpha value is -3.69. The molecule has 10 heteroatoms. The first-order valence-electron chi connectivity index (χ1n) is 10.9. The molecule has 0 atom stereocenters. The number of aryl methyl sites for hydroxylation is 2. The van der Waals surface area contributed by atoms with Crippen molar-refractivity contribution in [2.45, 2.75) is 44.8 Å². The molecule has 7 nitrogen and oxygen atoms in total. The van der Waals surface area contributed by atoms with E-state index in [1.54, 1.807) is 41.8 Å². The minimum Gasteiger partial charge on any atom is -0.343 e. The highest BCUT2D eigenvalue weighted by molar-refractivity contribution is 5.97. The summed E-state index contributed by atoms with van der Waals surface area (Å²) in [6.45, 7) is 0.269. The Kier molecular flexibility index (Phi) is 6.41. The van der Waals surface area contributed by atoms with Crippen molar-refractivity contribution in [1.82, 2.24) is 14.9 Å². The van der Waals surface area contributed by atoms with Crippen LogP contribution in [0, 0.1) is 6.92 Å². The molecule has 178 valence electrons. The number of hydrogen-bond donors (Lipinski definition) is 2. The molecule has 1 aromatic heterocycles. The number of benzene rings is 2. The maximum absolute atomic E-state index is 12.9. The normalized spacial score (nSPS) is 13.6. The van der Waals surface area contributed by atoms with E-state index in [0.29, 0.717) is 28.0 Å². The number of aromatic nitrogens is 2. The van der Waals surface area contributed by atoms with Gasteiger partial charge in [0.1, 0.15) is 12.4 Å². The Morgan fingerprint density at radius 1 is 1.15 bits per heavy atom. The van der Waals surface area contributed by atoms with Crippen molar-refractivity contribution in [2.24, 2.45) is 0 Å². The molecular weight excluding hydrogens is 449 g/mol. The molecule has 0 radical (unpaired) electrons. The molecule has 0 unspecified atom stereocenters. The van der Waals surface area contributed by atoms with Crippen molar-refractivity contribution in [3.63, 3.8) is 0 Å². The predicted molar refractivity (Wildman–Crippen MR) is 121 cm³/mol. The number of fused-ring (bicyclic) bond motifs is 1. The Morgan fingerprint density at radius 3 is 2.59 bits per heavy atom. The third-order valence-corrected chi connectivity index (χ3v) is 5.59. The van der Waals surface area contributed by atoms with Gasteiger partial charge >= 0.3 is 6.18 Å². The minimum atomic E-state index is -4.52. The van der Waals surface area contributed by atoms with Crippen molar-refractivity contribution in [1.29, 1.82) is 0 Å². The maximum Gasteiger partial charge on any atom is 0.405 e. The number of nitrogens with zero attached hydrogens (tertiary/aromatic N) is 2. The van der Waals surface area contributed by atoms with Gasteiger partial charge in [-0.15, -0.1) is 0 Å². The third-order valence-electron chi connectivity index (χ3n) is 5.59. The van der Waals surface area contributed by atoms with Crippen LogP contribution in [0.4, 0.5) is 18.9 Å². The Labute approximate surface area is 193 Å². The summed E-state index contributed by atoms with van der Waals surface area (Å²) in [4.78, 5) is 42.2. The monoisotopic (exact) mass is 472 g/mol. The zero-order chi connectivity index (χ0) is 24.5. The second kappa shape index (κ2) is 9.28. The molecule has 34 heavy (non-hydrogen) atoms. The second-order valence-electron chi connectivity index (χ2n) is 8.33. The number of carbonyl (C=O) groups is 2. The van der Waals surface area contributed by atoms with Crippen LogP contribution in [-0.4, -0.2) is 34.1 Å². The molecule has 2 N–H and O–H groups in total. The first-order chi connectivity index (χ1) is 16.1. The van der Waals surface area contributed by atoms with Gasteiger partial charge in [-0.3, -0.25) is 19.0 Å². The number of rotatable bonds is 7. The number of alkyl halides is 3. The van der Waals surface area contributed by atoms with Crippen LogP contribution in [0.2, 0.25) is 0 Å². The van der Waals surface area contributed by atoms with Gasteiger partial charge in [0.05, 0.1) is 10.9 Å². The van der Waals surface area contributed by atoms with Gasteiger partial charge in [-0.05, 0) is 49.6 Å². The van der Waals surface area contributed by atoms with Crippen molar-refractivity contribution in [3.8, 4) is 0 Å². The standard InChI is InChI=1S/C24H23F3N4O3/c1-14-6-7-15(22(33)28-13-24(25,26)27)12-19(14)30-21(32)11-10-20-29-18-5-3-2-4-17(18)23(34)31(20)16-8-9-16/h2-7,12,16H,8-11,13H2,1H3,(H,28,33)(H,30,32). The number of anilines is 1. The quantitative estimate of drug-likeness (QED) is 0.546. The lowest BCUT2D eigenvalue weighted by molar-refractivity contribution is -0.123. The lowest BCUT2D eigenvalue weighted by atomic mass is 10.1. The first-order valence-corrected chi connectivity index (χ1v) is 10.9. The van der Waals surface area contributed by atoms with Crippen LogP contribution in [0.15, 0.2) is 47.3 Å². The summed E-state index contributed by atoms with van der Waals surface area (Å²) in [6.07, 6.45) is -2.45. The van der Waals surface area contributed by atoms with Crippen LogP contribution in [0.3, 0.4) is 0 Å². The molecule has 1 saturated carbocycles. The van der Waals surface area contributed by atoms with Crippen LogP contribution in [0.1, 0.15) is 47.1 Å². The van der Waals surface area contributed by atoms with E-state index in [-0.39, 0.29) is 35.9 Å². The molecular formula is C24H23F3N4O3.